The molecule has 1 atom stereocenters. The molecule has 6 nitrogen and oxygen atoms in total. The van der Waals surface area contributed by atoms with Crippen LogP contribution in [-0.4, -0.2) is 35.2 Å². The molecule has 0 fully saturated rings. The highest BCUT2D eigenvalue weighted by Crippen LogP contribution is 2.06. The first-order chi connectivity index (χ1) is 8.67. The minimum absolute atomic E-state index is 0.201. The second-order valence-corrected chi connectivity index (χ2v) is 4.14. The summed E-state index contributed by atoms with van der Waals surface area (Å²) in [5.74, 6) is 0.473. The Morgan fingerprint density at radius 3 is 2.78 bits per heavy atom. The van der Waals surface area contributed by atoms with Gasteiger partial charge in [-0.1, -0.05) is 0 Å². The van der Waals surface area contributed by atoms with E-state index in [-0.39, 0.29) is 11.9 Å². The van der Waals surface area contributed by atoms with Crippen molar-refractivity contribution in [1.82, 2.24) is 15.5 Å². The molecule has 0 saturated heterocycles. The van der Waals surface area contributed by atoms with Gasteiger partial charge in [-0.3, -0.25) is 4.79 Å². The lowest BCUT2D eigenvalue weighted by Gasteiger charge is -2.13. The fourth-order valence-electron chi connectivity index (χ4n) is 1.53. The van der Waals surface area contributed by atoms with E-state index >= 15 is 0 Å². The summed E-state index contributed by atoms with van der Waals surface area (Å²) in [6.45, 7) is 5.19. The average molecular weight is 251 g/mol. The average Bonchev–Trinajstić information content (AvgIpc) is 2.37. The van der Waals surface area contributed by atoms with Crippen LogP contribution in [-0.2, 0) is 0 Å². The maximum Gasteiger partial charge on any atom is 0.271 e. The van der Waals surface area contributed by atoms with Crippen LogP contribution in [0.25, 0.3) is 0 Å². The first-order valence-electron chi connectivity index (χ1n) is 6.26. The van der Waals surface area contributed by atoms with Gasteiger partial charge in [0, 0.05) is 12.6 Å². The summed E-state index contributed by atoms with van der Waals surface area (Å²) in [6, 6.07) is 3.71. The number of anilines is 1. The highest BCUT2D eigenvalue weighted by atomic mass is 16.1. The summed E-state index contributed by atoms with van der Waals surface area (Å²) < 4.78 is 0. The lowest BCUT2D eigenvalue weighted by Crippen LogP contribution is -2.24. The summed E-state index contributed by atoms with van der Waals surface area (Å²) in [5.41, 5.74) is 5.78. The number of rotatable bonds is 7. The molecule has 6 heteroatoms. The van der Waals surface area contributed by atoms with Crippen LogP contribution in [0.3, 0.4) is 0 Å². The van der Waals surface area contributed by atoms with Gasteiger partial charge in [0.25, 0.3) is 5.91 Å². The molecule has 0 aliphatic heterocycles. The minimum Gasteiger partial charge on any atom is -0.366 e. The first-order valence-corrected chi connectivity index (χ1v) is 6.26. The minimum atomic E-state index is -0.201. The van der Waals surface area contributed by atoms with Crippen molar-refractivity contribution in [2.45, 2.75) is 32.7 Å². The number of aromatic nitrogens is 2. The molecular formula is C12H21N5O. The fraction of sp³-hybridized carbons (Fsp3) is 0.583. The van der Waals surface area contributed by atoms with Gasteiger partial charge in [0.15, 0.2) is 5.69 Å². The van der Waals surface area contributed by atoms with Gasteiger partial charge in [-0.2, -0.15) is 0 Å². The first kappa shape index (κ1) is 14.4. The molecule has 1 aromatic rings. The Hall–Kier alpha value is -1.69. The van der Waals surface area contributed by atoms with Crippen LogP contribution < -0.4 is 16.4 Å². The van der Waals surface area contributed by atoms with Gasteiger partial charge in [0.05, 0.1) is 0 Å². The lowest BCUT2D eigenvalue weighted by molar-refractivity contribution is 0.0950. The largest absolute Gasteiger partial charge is 0.366 e. The van der Waals surface area contributed by atoms with Crippen LogP contribution in [0.5, 0.6) is 0 Å². The molecule has 18 heavy (non-hydrogen) atoms. The van der Waals surface area contributed by atoms with Crippen molar-refractivity contribution in [2.75, 3.05) is 18.4 Å². The van der Waals surface area contributed by atoms with Crippen LogP contribution >= 0.6 is 0 Å². The number of nitrogens with two attached hydrogens (primary N) is 1. The zero-order valence-electron chi connectivity index (χ0n) is 10.9. The van der Waals surface area contributed by atoms with E-state index in [0.717, 1.165) is 12.8 Å². The van der Waals surface area contributed by atoms with Gasteiger partial charge in [-0.15, -0.1) is 10.2 Å². The Morgan fingerprint density at radius 1 is 1.44 bits per heavy atom. The highest BCUT2D eigenvalue weighted by molar-refractivity contribution is 5.92. The topological polar surface area (TPSA) is 92.9 Å². The van der Waals surface area contributed by atoms with Crippen molar-refractivity contribution in [3.8, 4) is 0 Å². The van der Waals surface area contributed by atoms with Crippen molar-refractivity contribution in [3.05, 3.63) is 17.8 Å². The van der Waals surface area contributed by atoms with Gasteiger partial charge in [0.2, 0.25) is 0 Å². The van der Waals surface area contributed by atoms with E-state index in [4.69, 9.17) is 5.73 Å². The van der Waals surface area contributed by atoms with Gasteiger partial charge in [0.1, 0.15) is 5.82 Å². The number of nitrogens with one attached hydrogen (secondary N) is 2. The van der Waals surface area contributed by atoms with Crippen molar-refractivity contribution >= 4 is 11.7 Å². The normalized spacial score (nSPS) is 11.9. The second-order valence-electron chi connectivity index (χ2n) is 4.14. The van der Waals surface area contributed by atoms with Crippen LogP contribution in [0.4, 0.5) is 5.82 Å². The maximum absolute atomic E-state index is 11.5. The maximum atomic E-state index is 11.5. The predicted molar refractivity (Wildman–Crippen MR) is 71.4 cm³/mol. The molecular weight excluding hydrogens is 230 g/mol. The van der Waals surface area contributed by atoms with E-state index in [1.165, 1.54) is 0 Å². The van der Waals surface area contributed by atoms with E-state index in [0.29, 0.717) is 24.6 Å². The van der Waals surface area contributed by atoms with Gasteiger partial charge >= 0.3 is 0 Å². The van der Waals surface area contributed by atoms with Crippen LogP contribution in [0.15, 0.2) is 12.1 Å². The molecule has 1 unspecified atom stereocenters. The van der Waals surface area contributed by atoms with Crippen LogP contribution in [0.1, 0.15) is 37.2 Å². The molecule has 0 saturated carbocycles. The zero-order valence-corrected chi connectivity index (χ0v) is 10.9. The van der Waals surface area contributed by atoms with E-state index in [1.54, 1.807) is 12.1 Å². The number of nitrogens with zero attached hydrogens (tertiary/aromatic N) is 2. The second kappa shape index (κ2) is 7.60. The Kier molecular flexibility index (Phi) is 6.07. The number of hydrogen-bond donors (Lipinski definition) is 3. The third kappa shape index (κ3) is 4.67. The Labute approximate surface area is 107 Å². The third-order valence-corrected chi connectivity index (χ3v) is 2.47. The molecule has 0 spiro atoms. The summed E-state index contributed by atoms with van der Waals surface area (Å²) in [5, 5.41) is 13.7. The SMILES string of the molecule is CCNC(=O)c1ccc(NC(C)CCCN)nn1. The van der Waals surface area contributed by atoms with E-state index < -0.39 is 0 Å². The molecule has 0 bridgehead atoms. The standard InChI is InChI=1S/C12H21N5O/c1-3-14-12(18)10-6-7-11(17-16-10)15-9(2)5-4-8-13/h6-7,9H,3-5,8,13H2,1-2H3,(H,14,18)(H,15,17). The smallest absolute Gasteiger partial charge is 0.271 e. The molecule has 1 heterocycles. The molecule has 0 aromatic carbocycles. The molecule has 1 aromatic heterocycles. The van der Waals surface area contributed by atoms with Crippen LogP contribution in [0.2, 0.25) is 0 Å². The molecule has 0 aliphatic carbocycles. The summed E-state index contributed by atoms with van der Waals surface area (Å²) in [6.07, 6.45) is 1.95. The Morgan fingerprint density at radius 2 is 2.22 bits per heavy atom. The molecule has 4 N–H and O–H groups in total. The van der Waals surface area contributed by atoms with Crippen molar-refractivity contribution in [1.29, 1.82) is 0 Å². The number of carbonyl (C=O) groups is 1. The summed E-state index contributed by atoms with van der Waals surface area (Å²) in [4.78, 5) is 11.5. The Bertz CT molecular complexity index is 365. The monoisotopic (exact) mass is 251 g/mol. The number of carbonyl (C=O) groups excluding carboxylic acids is 1. The Balaban J connectivity index is 2.52. The molecule has 1 rings (SSSR count). The van der Waals surface area contributed by atoms with E-state index in [2.05, 4.69) is 27.8 Å². The van der Waals surface area contributed by atoms with E-state index in [1.807, 2.05) is 6.92 Å². The molecule has 0 radical (unpaired) electrons. The lowest BCUT2D eigenvalue weighted by atomic mass is 10.2. The fourth-order valence-corrected chi connectivity index (χ4v) is 1.53. The van der Waals surface area contributed by atoms with E-state index in [9.17, 15) is 4.79 Å². The number of amides is 1. The highest BCUT2D eigenvalue weighted by Gasteiger charge is 2.07. The van der Waals surface area contributed by atoms with Crippen molar-refractivity contribution < 1.29 is 4.79 Å². The van der Waals surface area contributed by atoms with Crippen LogP contribution in [0, 0.1) is 0 Å². The van der Waals surface area contributed by atoms with Crippen molar-refractivity contribution in [3.63, 3.8) is 0 Å². The molecule has 1 amide bonds. The van der Waals surface area contributed by atoms with Gasteiger partial charge in [-0.05, 0) is 45.4 Å². The zero-order chi connectivity index (χ0) is 13.4. The molecule has 100 valence electrons. The van der Waals surface area contributed by atoms with Gasteiger partial charge in [-0.25, -0.2) is 0 Å². The third-order valence-electron chi connectivity index (χ3n) is 2.47. The quantitative estimate of drug-likeness (QED) is 0.665. The number of hydrogen-bond acceptors (Lipinski definition) is 5. The summed E-state index contributed by atoms with van der Waals surface area (Å²) >= 11 is 0. The summed E-state index contributed by atoms with van der Waals surface area (Å²) in [7, 11) is 0. The van der Waals surface area contributed by atoms with Crippen molar-refractivity contribution in [2.24, 2.45) is 5.73 Å². The molecule has 0 aliphatic rings. The predicted octanol–water partition coefficient (Wildman–Crippen LogP) is 0.766. The van der Waals surface area contributed by atoms with Gasteiger partial charge < -0.3 is 16.4 Å².